The van der Waals surface area contributed by atoms with E-state index in [1.807, 2.05) is 12.1 Å². The Morgan fingerprint density at radius 2 is 2.19 bits per heavy atom. The van der Waals surface area contributed by atoms with Gasteiger partial charge in [-0.05, 0) is 19.2 Å². The lowest BCUT2D eigenvalue weighted by molar-refractivity contribution is -0.0520. The zero-order valence-electron chi connectivity index (χ0n) is 9.48. The van der Waals surface area contributed by atoms with Gasteiger partial charge in [0.1, 0.15) is 12.2 Å². The molecule has 3 heterocycles. The second-order valence-electron chi connectivity index (χ2n) is 4.68. The van der Waals surface area contributed by atoms with Crippen molar-refractivity contribution < 1.29 is 9.47 Å². The Morgan fingerprint density at radius 3 is 3.00 bits per heavy atom. The van der Waals surface area contributed by atoms with E-state index in [4.69, 9.17) is 9.47 Å². The molecule has 2 aliphatic heterocycles. The van der Waals surface area contributed by atoms with Crippen LogP contribution in [-0.4, -0.2) is 42.2 Å². The van der Waals surface area contributed by atoms with Crippen molar-refractivity contribution in [3.63, 3.8) is 0 Å². The summed E-state index contributed by atoms with van der Waals surface area (Å²) in [5.74, 6) is 1.42. The molecule has 0 bridgehead atoms. The summed E-state index contributed by atoms with van der Waals surface area (Å²) in [6.07, 6.45) is 3.77. The number of pyridine rings is 1. The third-order valence-corrected chi connectivity index (χ3v) is 3.44. The van der Waals surface area contributed by atoms with Crippen molar-refractivity contribution in [2.24, 2.45) is 0 Å². The second kappa shape index (κ2) is 3.63. The van der Waals surface area contributed by atoms with E-state index in [1.165, 1.54) is 0 Å². The van der Waals surface area contributed by atoms with Gasteiger partial charge in [0.2, 0.25) is 0 Å². The Morgan fingerprint density at radius 1 is 1.38 bits per heavy atom. The molecule has 0 aliphatic carbocycles. The molecule has 1 fully saturated rings. The molecule has 1 saturated heterocycles. The zero-order chi connectivity index (χ0) is 11.0. The molecule has 0 aromatic carbocycles. The molecular formula is C12H16N2O2. The molecule has 2 aliphatic rings. The van der Waals surface area contributed by atoms with Crippen molar-refractivity contribution in [2.45, 2.75) is 18.4 Å². The molecular weight excluding hydrogens is 204 g/mol. The molecule has 0 atom stereocenters. The highest BCUT2D eigenvalue weighted by atomic mass is 16.6. The van der Waals surface area contributed by atoms with Gasteiger partial charge in [-0.3, -0.25) is 0 Å². The summed E-state index contributed by atoms with van der Waals surface area (Å²) in [6.45, 7) is 2.77. The Hall–Kier alpha value is -1.29. The summed E-state index contributed by atoms with van der Waals surface area (Å²) >= 11 is 0. The summed E-state index contributed by atoms with van der Waals surface area (Å²) in [4.78, 5) is 6.55. The highest BCUT2D eigenvalue weighted by molar-refractivity contribution is 5.35. The molecule has 1 spiro atoms. The van der Waals surface area contributed by atoms with Crippen molar-refractivity contribution in [3.05, 3.63) is 18.3 Å². The van der Waals surface area contributed by atoms with Gasteiger partial charge in [-0.15, -0.1) is 0 Å². The molecule has 0 N–H and O–H groups in total. The first-order valence-corrected chi connectivity index (χ1v) is 5.73. The molecule has 4 heteroatoms. The number of piperidine rings is 1. The predicted molar refractivity (Wildman–Crippen MR) is 59.8 cm³/mol. The molecule has 16 heavy (non-hydrogen) atoms. The summed E-state index contributed by atoms with van der Waals surface area (Å²) in [5, 5.41) is 0. The van der Waals surface area contributed by atoms with E-state index >= 15 is 0 Å². The molecule has 0 saturated carbocycles. The van der Waals surface area contributed by atoms with Gasteiger partial charge < -0.3 is 14.4 Å². The number of nitrogens with zero attached hydrogens (tertiary/aromatic N) is 2. The predicted octanol–water partition coefficient (Wildman–Crippen LogP) is 1.32. The van der Waals surface area contributed by atoms with Crippen LogP contribution in [0.2, 0.25) is 0 Å². The van der Waals surface area contributed by atoms with Crippen LogP contribution in [0.25, 0.3) is 0 Å². The Bertz CT molecular complexity index is 386. The van der Waals surface area contributed by atoms with E-state index in [9.17, 15) is 0 Å². The third-order valence-electron chi connectivity index (χ3n) is 3.44. The van der Waals surface area contributed by atoms with E-state index in [-0.39, 0.29) is 5.60 Å². The standard InChI is InChI=1S/C12H16N2O2/c1-14-7-4-12(5-8-14)9-15-10-3-2-6-13-11(10)16-12/h2-3,6H,4-5,7-9H2,1H3. The number of hydrogen-bond donors (Lipinski definition) is 0. The first kappa shape index (κ1) is 9.90. The van der Waals surface area contributed by atoms with Crippen molar-refractivity contribution in [1.29, 1.82) is 0 Å². The van der Waals surface area contributed by atoms with E-state index < -0.39 is 0 Å². The van der Waals surface area contributed by atoms with E-state index in [0.717, 1.165) is 31.7 Å². The van der Waals surface area contributed by atoms with Crippen LogP contribution in [0.1, 0.15) is 12.8 Å². The van der Waals surface area contributed by atoms with Gasteiger partial charge in [-0.2, -0.15) is 0 Å². The molecule has 0 amide bonds. The van der Waals surface area contributed by atoms with Gasteiger partial charge >= 0.3 is 0 Å². The van der Waals surface area contributed by atoms with Crippen LogP contribution in [0, 0.1) is 0 Å². The molecule has 1 aromatic heterocycles. The van der Waals surface area contributed by atoms with Crippen molar-refractivity contribution in [2.75, 3.05) is 26.7 Å². The molecule has 3 rings (SSSR count). The average Bonchev–Trinajstić information content (AvgIpc) is 2.33. The van der Waals surface area contributed by atoms with Crippen LogP contribution in [-0.2, 0) is 0 Å². The van der Waals surface area contributed by atoms with Gasteiger partial charge in [0.15, 0.2) is 5.75 Å². The Labute approximate surface area is 95.2 Å². The van der Waals surface area contributed by atoms with Gasteiger partial charge in [-0.1, -0.05) is 0 Å². The highest BCUT2D eigenvalue weighted by Gasteiger charge is 2.40. The topological polar surface area (TPSA) is 34.6 Å². The second-order valence-corrected chi connectivity index (χ2v) is 4.68. The monoisotopic (exact) mass is 220 g/mol. The molecule has 0 unspecified atom stereocenters. The lowest BCUT2D eigenvalue weighted by Gasteiger charge is -2.42. The van der Waals surface area contributed by atoms with Crippen molar-refractivity contribution in [3.8, 4) is 11.6 Å². The fourth-order valence-electron chi connectivity index (χ4n) is 2.28. The maximum Gasteiger partial charge on any atom is 0.257 e. The minimum Gasteiger partial charge on any atom is -0.484 e. The summed E-state index contributed by atoms with van der Waals surface area (Å²) in [6, 6.07) is 3.78. The number of rotatable bonds is 0. The minimum atomic E-state index is -0.145. The van der Waals surface area contributed by atoms with E-state index in [2.05, 4.69) is 16.9 Å². The Kier molecular flexibility index (Phi) is 2.24. The number of fused-ring (bicyclic) bond motifs is 1. The van der Waals surface area contributed by atoms with Crippen LogP contribution in [0.5, 0.6) is 11.6 Å². The normalized spacial score (nSPS) is 23.3. The van der Waals surface area contributed by atoms with Crippen LogP contribution in [0.4, 0.5) is 0 Å². The first-order chi connectivity index (χ1) is 7.77. The largest absolute Gasteiger partial charge is 0.484 e. The maximum atomic E-state index is 6.05. The number of likely N-dealkylation sites (tertiary alicyclic amines) is 1. The summed E-state index contributed by atoms with van der Waals surface area (Å²) in [7, 11) is 2.14. The minimum absolute atomic E-state index is 0.145. The maximum absolute atomic E-state index is 6.05. The lowest BCUT2D eigenvalue weighted by Crippen LogP contribution is -2.52. The van der Waals surface area contributed by atoms with Crippen molar-refractivity contribution in [1.82, 2.24) is 9.88 Å². The first-order valence-electron chi connectivity index (χ1n) is 5.73. The zero-order valence-corrected chi connectivity index (χ0v) is 9.48. The highest BCUT2D eigenvalue weighted by Crippen LogP contribution is 2.37. The van der Waals surface area contributed by atoms with Crippen LogP contribution >= 0.6 is 0 Å². The van der Waals surface area contributed by atoms with Gasteiger partial charge in [-0.25, -0.2) is 4.98 Å². The number of aromatic nitrogens is 1. The average molecular weight is 220 g/mol. The smallest absolute Gasteiger partial charge is 0.257 e. The fraction of sp³-hybridized carbons (Fsp3) is 0.583. The van der Waals surface area contributed by atoms with Crippen LogP contribution in [0.15, 0.2) is 18.3 Å². The van der Waals surface area contributed by atoms with Crippen molar-refractivity contribution >= 4 is 0 Å². The number of hydrogen-bond acceptors (Lipinski definition) is 4. The van der Waals surface area contributed by atoms with Gasteiger partial charge in [0, 0.05) is 32.1 Å². The molecule has 4 nitrogen and oxygen atoms in total. The molecule has 1 aromatic rings. The third kappa shape index (κ3) is 1.63. The summed E-state index contributed by atoms with van der Waals surface area (Å²) in [5.41, 5.74) is -0.145. The molecule has 0 radical (unpaired) electrons. The van der Waals surface area contributed by atoms with Gasteiger partial charge in [0.05, 0.1) is 0 Å². The summed E-state index contributed by atoms with van der Waals surface area (Å²) < 4.78 is 11.8. The van der Waals surface area contributed by atoms with Crippen LogP contribution < -0.4 is 9.47 Å². The lowest BCUT2D eigenvalue weighted by atomic mass is 9.91. The quantitative estimate of drug-likeness (QED) is 0.660. The Balaban J connectivity index is 1.82. The van der Waals surface area contributed by atoms with Gasteiger partial charge in [0.25, 0.3) is 5.88 Å². The molecule has 86 valence electrons. The number of ether oxygens (including phenoxy) is 2. The van der Waals surface area contributed by atoms with E-state index in [0.29, 0.717) is 12.5 Å². The van der Waals surface area contributed by atoms with E-state index in [1.54, 1.807) is 6.20 Å². The SMILES string of the molecule is CN1CCC2(CC1)COc1cccnc1O2. The fourth-order valence-corrected chi connectivity index (χ4v) is 2.28. The van der Waals surface area contributed by atoms with Crippen LogP contribution in [0.3, 0.4) is 0 Å².